The van der Waals surface area contributed by atoms with Crippen LogP contribution in [0.5, 0.6) is 0 Å². The van der Waals surface area contributed by atoms with Crippen LogP contribution in [-0.2, 0) is 28.5 Å². The van der Waals surface area contributed by atoms with Crippen LogP contribution in [0.25, 0.3) is 0 Å². The molecule has 0 heterocycles. The van der Waals surface area contributed by atoms with E-state index in [-0.39, 0.29) is 32.0 Å². The largest absolute Gasteiger partial charge is 0.461 e. The lowest BCUT2D eigenvalue weighted by Gasteiger charge is -2.20. The monoisotopic (exact) mass is 336 g/mol. The standard InChI is InChI=1S/C15H28O8/c1-9(21-8-11(3)23-15(19)13(5)17)6-20-10(2)7-22-14(18)12(4)16/h9-13,16-17H,6-8H2,1-5H3. The molecule has 0 aromatic rings. The maximum Gasteiger partial charge on any atom is 0.335 e. The van der Waals surface area contributed by atoms with Crippen molar-refractivity contribution >= 4 is 11.9 Å². The van der Waals surface area contributed by atoms with Crippen LogP contribution in [0, 0.1) is 0 Å². The van der Waals surface area contributed by atoms with Gasteiger partial charge in [0.25, 0.3) is 0 Å². The summed E-state index contributed by atoms with van der Waals surface area (Å²) in [6.07, 6.45) is -3.39. The predicted molar refractivity (Wildman–Crippen MR) is 80.7 cm³/mol. The van der Waals surface area contributed by atoms with Crippen molar-refractivity contribution in [2.75, 3.05) is 19.8 Å². The van der Waals surface area contributed by atoms with E-state index >= 15 is 0 Å². The van der Waals surface area contributed by atoms with E-state index in [0.717, 1.165) is 0 Å². The van der Waals surface area contributed by atoms with Crippen LogP contribution in [0.2, 0.25) is 0 Å². The molecular formula is C15H28O8. The summed E-state index contributed by atoms with van der Waals surface area (Å²) in [5.74, 6) is -1.39. The maximum absolute atomic E-state index is 11.2. The molecular weight excluding hydrogens is 308 g/mol. The molecule has 0 aliphatic rings. The summed E-state index contributed by atoms with van der Waals surface area (Å²) >= 11 is 0. The molecule has 136 valence electrons. The smallest absolute Gasteiger partial charge is 0.335 e. The molecule has 5 unspecified atom stereocenters. The molecule has 0 saturated heterocycles. The Hall–Kier alpha value is -1.22. The second-order valence-corrected chi connectivity index (χ2v) is 5.52. The van der Waals surface area contributed by atoms with E-state index in [1.807, 2.05) is 0 Å². The third-order valence-electron chi connectivity index (χ3n) is 2.69. The van der Waals surface area contributed by atoms with Gasteiger partial charge in [0.2, 0.25) is 0 Å². The summed E-state index contributed by atoms with van der Waals surface area (Å²) in [6, 6.07) is 0. The van der Waals surface area contributed by atoms with Gasteiger partial charge in [0.15, 0.2) is 0 Å². The summed E-state index contributed by atoms with van der Waals surface area (Å²) in [7, 11) is 0. The third kappa shape index (κ3) is 11.0. The van der Waals surface area contributed by atoms with Gasteiger partial charge < -0.3 is 29.2 Å². The fraction of sp³-hybridized carbons (Fsp3) is 0.867. The number of ether oxygens (including phenoxy) is 4. The van der Waals surface area contributed by atoms with Gasteiger partial charge in [0, 0.05) is 0 Å². The molecule has 0 aliphatic carbocycles. The second kappa shape index (κ2) is 11.3. The lowest BCUT2D eigenvalue weighted by molar-refractivity contribution is -0.163. The first-order valence-corrected chi connectivity index (χ1v) is 7.59. The number of aliphatic hydroxyl groups excluding tert-OH is 2. The van der Waals surface area contributed by atoms with Gasteiger partial charge >= 0.3 is 11.9 Å². The van der Waals surface area contributed by atoms with E-state index < -0.39 is 30.3 Å². The number of hydrogen-bond acceptors (Lipinski definition) is 8. The topological polar surface area (TPSA) is 112 Å². The van der Waals surface area contributed by atoms with Crippen molar-refractivity contribution in [2.24, 2.45) is 0 Å². The summed E-state index contributed by atoms with van der Waals surface area (Å²) in [6.45, 7) is 8.32. The van der Waals surface area contributed by atoms with Crippen molar-refractivity contribution in [1.82, 2.24) is 0 Å². The minimum Gasteiger partial charge on any atom is -0.461 e. The van der Waals surface area contributed by atoms with Crippen LogP contribution in [-0.4, -0.2) is 72.5 Å². The molecule has 8 heteroatoms. The molecule has 0 aromatic heterocycles. The normalized spacial score (nSPS) is 17.7. The van der Waals surface area contributed by atoms with Crippen LogP contribution in [0.4, 0.5) is 0 Å². The van der Waals surface area contributed by atoms with E-state index in [1.54, 1.807) is 20.8 Å². The third-order valence-corrected chi connectivity index (χ3v) is 2.69. The van der Waals surface area contributed by atoms with Gasteiger partial charge in [0.1, 0.15) is 24.9 Å². The Kier molecular flexibility index (Phi) is 10.7. The van der Waals surface area contributed by atoms with E-state index in [4.69, 9.17) is 29.2 Å². The van der Waals surface area contributed by atoms with Crippen LogP contribution in [0.1, 0.15) is 34.6 Å². The molecule has 0 fully saturated rings. The lowest BCUT2D eigenvalue weighted by atomic mass is 10.3. The van der Waals surface area contributed by atoms with E-state index in [2.05, 4.69) is 0 Å². The Morgan fingerprint density at radius 3 is 1.65 bits per heavy atom. The van der Waals surface area contributed by atoms with Crippen LogP contribution in [0.15, 0.2) is 0 Å². The van der Waals surface area contributed by atoms with Gasteiger partial charge in [-0.15, -0.1) is 0 Å². The number of aliphatic hydroxyl groups is 2. The zero-order chi connectivity index (χ0) is 18.0. The van der Waals surface area contributed by atoms with E-state index in [0.29, 0.717) is 0 Å². The first-order chi connectivity index (χ1) is 10.6. The summed E-state index contributed by atoms with van der Waals surface area (Å²) in [5, 5.41) is 18.0. The van der Waals surface area contributed by atoms with Crippen molar-refractivity contribution in [3.8, 4) is 0 Å². The molecule has 2 N–H and O–H groups in total. The van der Waals surface area contributed by atoms with Gasteiger partial charge in [-0.25, -0.2) is 9.59 Å². The maximum atomic E-state index is 11.2. The molecule has 23 heavy (non-hydrogen) atoms. The number of carbonyl (C=O) groups excluding carboxylic acids is 2. The van der Waals surface area contributed by atoms with Gasteiger partial charge in [-0.3, -0.25) is 0 Å². The molecule has 0 aromatic carbocycles. The van der Waals surface area contributed by atoms with Crippen molar-refractivity contribution in [3.63, 3.8) is 0 Å². The minimum absolute atomic E-state index is 0.0405. The first kappa shape index (κ1) is 21.8. The van der Waals surface area contributed by atoms with Crippen LogP contribution >= 0.6 is 0 Å². The summed E-state index contributed by atoms with van der Waals surface area (Å²) < 4.78 is 20.7. The van der Waals surface area contributed by atoms with E-state index in [1.165, 1.54) is 13.8 Å². The average molecular weight is 336 g/mol. The van der Waals surface area contributed by atoms with Crippen molar-refractivity contribution in [1.29, 1.82) is 0 Å². The fourth-order valence-electron chi connectivity index (χ4n) is 1.35. The van der Waals surface area contributed by atoms with Crippen LogP contribution in [0.3, 0.4) is 0 Å². The highest BCUT2D eigenvalue weighted by Crippen LogP contribution is 2.02. The lowest BCUT2D eigenvalue weighted by Crippen LogP contribution is -2.30. The van der Waals surface area contributed by atoms with E-state index in [9.17, 15) is 9.59 Å². The molecule has 0 amide bonds. The highest BCUT2D eigenvalue weighted by molar-refractivity contribution is 5.74. The molecule has 0 aliphatic heterocycles. The van der Waals surface area contributed by atoms with Crippen molar-refractivity contribution in [2.45, 2.75) is 65.1 Å². The predicted octanol–water partition coefficient (Wildman–Crippen LogP) is 0.0331. The molecule has 0 radical (unpaired) electrons. The zero-order valence-electron chi connectivity index (χ0n) is 14.4. The Labute approximate surface area is 136 Å². The Bertz CT molecular complexity index is 355. The number of rotatable bonds is 11. The minimum atomic E-state index is -1.16. The highest BCUT2D eigenvalue weighted by atomic mass is 16.6. The molecule has 0 saturated carbocycles. The highest BCUT2D eigenvalue weighted by Gasteiger charge is 2.17. The quantitative estimate of drug-likeness (QED) is 0.509. The second-order valence-electron chi connectivity index (χ2n) is 5.52. The van der Waals surface area contributed by atoms with Crippen molar-refractivity contribution < 1.29 is 38.7 Å². The number of carbonyl (C=O) groups is 2. The molecule has 5 atom stereocenters. The zero-order valence-corrected chi connectivity index (χ0v) is 14.4. The SMILES string of the molecule is CC(COC(=O)C(C)O)OCC(C)OCC(C)OC(=O)C(C)O. The van der Waals surface area contributed by atoms with Gasteiger partial charge in [0.05, 0.1) is 25.4 Å². The average Bonchev–Trinajstić information content (AvgIpc) is 2.47. The number of hydrogen-bond donors (Lipinski definition) is 2. The van der Waals surface area contributed by atoms with Crippen LogP contribution < -0.4 is 0 Å². The van der Waals surface area contributed by atoms with Gasteiger partial charge in [-0.1, -0.05) is 0 Å². The Balaban J connectivity index is 3.83. The van der Waals surface area contributed by atoms with Crippen molar-refractivity contribution in [3.05, 3.63) is 0 Å². The molecule has 0 bridgehead atoms. The first-order valence-electron chi connectivity index (χ1n) is 7.59. The number of esters is 2. The molecule has 0 rings (SSSR count). The van der Waals surface area contributed by atoms with Gasteiger partial charge in [-0.2, -0.15) is 0 Å². The fourth-order valence-corrected chi connectivity index (χ4v) is 1.35. The molecule has 0 spiro atoms. The Morgan fingerprint density at radius 2 is 1.17 bits per heavy atom. The Morgan fingerprint density at radius 1 is 0.739 bits per heavy atom. The summed E-state index contributed by atoms with van der Waals surface area (Å²) in [4.78, 5) is 22.3. The molecule has 8 nitrogen and oxygen atoms in total. The summed E-state index contributed by atoms with van der Waals surface area (Å²) in [5.41, 5.74) is 0. The van der Waals surface area contributed by atoms with Gasteiger partial charge in [-0.05, 0) is 34.6 Å².